The molecule has 1 aromatic carbocycles. The van der Waals surface area contributed by atoms with Crippen LogP contribution in [0.3, 0.4) is 0 Å². The molecule has 1 N–H and O–H groups in total. The van der Waals surface area contributed by atoms with Gasteiger partial charge in [-0.3, -0.25) is 19.5 Å². The average Bonchev–Trinajstić information content (AvgIpc) is 3.26. The molecule has 0 spiro atoms. The lowest BCUT2D eigenvalue weighted by molar-refractivity contribution is -0.130. The van der Waals surface area contributed by atoms with Crippen LogP contribution in [-0.4, -0.2) is 59.6 Å². The molecule has 1 saturated carbocycles. The first-order valence-electron chi connectivity index (χ1n) is 12.4. The second-order valence-corrected chi connectivity index (χ2v) is 10.1. The molecule has 2 aromatic rings. The minimum absolute atomic E-state index is 0.137. The van der Waals surface area contributed by atoms with Crippen molar-refractivity contribution < 1.29 is 19.1 Å². The number of cyclic esters (lactones) is 1. The largest absolute Gasteiger partial charge is 0.442 e. The number of hydrogen-bond donors (Lipinski definition) is 1. The molecular formula is C27H27N5O4. The Morgan fingerprint density at radius 1 is 1.22 bits per heavy atom. The molecule has 1 aromatic heterocycles. The molecule has 5 atom stereocenters. The lowest BCUT2D eigenvalue weighted by atomic mass is 9.99. The first-order chi connectivity index (χ1) is 17.4. The lowest BCUT2D eigenvalue weighted by Gasteiger charge is -2.20. The summed E-state index contributed by atoms with van der Waals surface area (Å²) in [5, 5.41) is 2.75. The van der Waals surface area contributed by atoms with E-state index in [-0.39, 0.29) is 41.9 Å². The number of ether oxygens (including phenoxy) is 1. The number of piperidine rings is 1. The highest BCUT2D eigenvalue weighted by molar-refractivity contribution is 5.94. The molecule has 6 rings (SSSR count). The van der Waals surface area contributed by atoms with Crippen LogP contribution < -0.4 is 10.2 Å². The third-order valence-corrected chi connectivity index (χ3v) is 8.22. The summed E-state index contributed by atoms with van der Waals surface area (Å²) in [6, 6.07) is 9.80. The SMILES string of the molecule is [C-]#[N+]C1(c2ccc(-c3ccc4c(c3)C[C@H]3[C@H](CNC(C)=O)OC(=O)N43)cn2)[C@@H]2CN(C(=O)CC)C[C@@H]21. The van der Waals surface area contributed by atoms with E-state index in [1.54, 1.807) is 4.90 Å². The van der Waals surface area contributed by atoms with E-state index in [0.717, 1.165) is 28.1 Å². The van der Waals surface area contributed by atoms with E-state index in [0.29, 0.717) is 32.5 Å². The fourth-order valence-electron chi connectivity index (χ4n) is 6.31. The fraction of sp³-hybridized carbons (Fsp3) is 0.444. The van der Waals surface area contributed by atoms with E-state index in [9.17, 15) is 14.4 Å². The third kappa shape index (κ3) is 3.20. The van der Waals surface area contributed by atoms with Crippen molar-refractivity contribution in [1.29, 1.82) is 0 Å². The number of benzene rings is 1. The van der Waals surface area contributed by atoms with Crippen LogP contribution in [0.15, 0.2) is 36.5 Å². The van der Waals surface area contributed by atoms with Gasteiger partial charge < -0.3 is 19.8 Å². The highest BCUT2D eigenvalue weighted by Gasteiger charge is 2.78. The van der Waals surface area contributed by atoms with Crippen molar-refractivity contribution in [2.75, 3.05) is 24.5 Å². The highest BCUT2D eigenvalue weighted by Crippen LogP contribution is 2.64. The Hall–Kier alpha value is -3.93. The van der Waals surface area contributed by atoms with Gasteiger partial charge in [-0.2, -0.15) is 0 Å². The summed E-state index contributed by atoms with van der Waals surface area (Å²) in [6.07, 6.45) is 2.20. The van der Waals surface area contributed by atoms with Gasteiger partial charge in [0.15, 0.2) is 0 Å². The summed E-state index contributed by atoms with van der Waals surface area (Å²) in [5.74, 6) is 0.306. The second kappa shape index (κ2) is 8.05. The van der Waals surface area contributed by atoms with Gasteiger partial charge in [-0.25, -0.2) is 11.4 Å². The summed E-state index contributed by atoms with van der Waals surface area (Å²) in [6.45, 7) is 12.8. The molecule has 1 unspecified atom stereocenters. The van der Waals surface area contributed by atoms with Crippen LogP contribution in [0.2, 0.25) is 0 Å². The number of pyridine rings is 1. The molecule has 0 bridgehead atoms. The Morgan fingerprint density at radius 2 is 1.97 bits per heavy atom. The van der Waals surface area contributed by atoms with E-state index in [1.807, 2.05) is 42.3 Å². The molecule has 9 nitrogen and oxygen atoms in total. The number of carbonyl (C=O) groups excluding carboxylic acids is 3. The summed E-state index contributed by atoms with van der Waals surface area (Å²) in [4.78, 5) is 48.1. The van der Waals surface area contributed by atoms with E-state index >= 15 is 0 Å². The van der Waals surface area contributed by atoms with E-state index in [2.05, 4.69) is 16.2 Å². The zero-order valence-corrected chi connectivity index (χ0v) is 20.2. The maximum absolute atomic E-state index is 12.5. The molecule has 3 fully saturated rings. The molecule has 0 radical (unpaired) electrons. The van der Waals surface area contributed by atoms with Gasteiger partial charge in [0.05, 0.1) is 30.1 Å². The zero-order chi connectivity index (χ0) is 25.2. The molecule has 4 aliphatic rings. The van der Waals surface area contributed by atoms with Gasteiger partial charge in [-0.05, 0) is 35.7 Å². The smallest absolute Gasteiger partial charge is 0.415 e. The molecule has 4 heterocycles. The van der Waals surface area contributed by atoms with Crippen molar-refractivity contribution in [3.8, 4) is 11.1 Å². The summed E-state index contributed by atoms with van der Waals surface area (Å²) < 4.78 is 5.49. The van der Waals surface area contributed by atoms with Crippen molar-refractivity contribution in [1.82, 2.24) is 15.2 Å². The fourth-order valence-corrected chi connectivity index (χ4v) is 6.31. The Balaban J connectivity index is 1.20. The van der Waals surface area contributed by atoms with Crippen molar-refractivity contribution in [2.24, 2.45) is 11.8 Å². The van der Waals surface area contributed by atoms with Crippen LogP contribution in [0.1, 0.15) is 31.5 Å². The molecule has 2 saturated heterocycles. The summed E-state index contributed by atoms with van der Waals surface area (Å²) in [5.41, 5.74) is 4.00. The number of nitrogens with zero attached hydrogens (tertiary/aromatic N) is 4. The molecule has 3 amide bonds. The predicted octanol–water partition coefficient (Wildman–Crippen LogP) is 2.75. The Morgan fingerprint density at radius 3 is 2.61 bits per heavy atom. The van der Waals surface area contributed by atoms with Crippen LogP contribution in [0, 0.1) is 18.4 Å². The molecule has 184 valence electrons. The normalized spacial score (nSPS) is 29.2. The van der Waals surface area contributed by atoms with Crippen molar-refractivity contribution in [3.05, 3.63) is 59.2 Å². The number of nitrogens with one attached hydrogen (secondary N) is 1. The second-order valence-electron chi connectivity index (χ2n) is 10.1. The first-order valence-corrected chi connectivity index (χ1v) is 12.4. The first kappa shape index (κ1) is 22.5. The van der Waals surface area contributed by atoms with Crippen molar-refractivity contribution in [3.63, 3.8) is 0 Å². The number of fused-ring (bicyclic) bond motifs is 4. The van der Waals surface area contributed by atoms with Crippen LogP contribution >= 0.6 is 0 Å². The van der Waals surface area contributed by atoms with Gasteiger partial charge in [0, 0.05) is 38.2 Å². The molecule has 36 heavy (non-hydrogen) atoms. The summed E-state index contributed by atoms with van der Waals surface area (Å²) in [7, 11) is 0. The highest BCUT2D eigenvalue weighted by atomic mass is 16.6. The lowest BCUT2D eigenvalue weighted by Crippen LogP contribution is -2.40. The molecule has 1 aliphatic carbocycles. The Bertz CT molecular complexity index is 1300. The minimum Gasteiger partial charge on any atom is -0.442 e. The van der Waals surface area contributed by atoms with Gasteiger partial charge in [0.25, 0.3) is 5.54 Å². The van der Waals surface area contributed by atoms with E-state index in [1.165, 1.54) is 6.92 Å². The number of aromatic nitrogens is 1. The Labute approximate surface area is 209 Å². The zero-order valence-electron chi connectivity index (χ0n) is 20.2. The van der Waals surface area contributed by atoms with Crippen LogP contribution in [0.4, 0.5) is 10.5 Å². The van der Waals surface area contributed by atoms with Gasteiger partial charge in [0.1, 0.15) is 11.8 Å². The van der Waals surface area contributed by atoms with Gasteiger partial charge in [-0.15, -0.1) is 0 Å². The van der Waals surface area contributed by atoms with E-state index in [4.69, 9.17) is 16.3 Å². The Kier molecular flexibility index (Phi) is 5.04. The van der Waals surface area contributed by atoms with E-state index < -0.39 is 5.54 Å². The van der Waals surface area contributed by atoms with Crippen LogP contribution in [0.5, 0.6) is 0 Å². The number of carbonyl (C=O) groups is 3. The van der Waals surface area contributed by atoms with Gasteiger partial charge in [0.2, 0.25) is 11.8 Å². The van der Waals surface area contributed by atoms with Crippen LogP contribution in [0.25, 0.3) is 16.0 Å². The topological polar surface area (TPSA) is 96.2 Å². The maximum atomic E-state index is 12.5. The monoisotopic (exact) mass is 485 g/mol. The number of likely N-dealkylation sites (tertiary alicyclic amines) is 1. The molecular weight excluding hydrogens is 458 g/mol. The number of anilines is 1. The van der Waals surface area contributed by atoms with Crippen molar-refractivity contribution in [2.45, 2.75) is 44.4 Å². The molecule has 9 heteroatoms. The number of rotatable bonds is 5. The minimum atomic E-state index is -0.616. The van der Waals surface area contributed by atoms with Crippen molar-refractivity contribution >= 4 is 23.6 Å². The summed E-state index contributed by atoms with van der Waals surface area (Å²) >= 11 is 0. The maximum Gasteiger partial charge on any atom is 0.415 e. The number of amides is 3. The predicted molar refractivity (Wildman–Crippen MR) is 131 cm³/mol. The average molecular weight is 486 g/mol. The third-order valence-electron chi connectivity index (χ3n) is 8.22. The number of hydrogen-bond acceptors (Lipinski definition) is 5. The van der Waals surface area contributed by atoms with Crippen LogP contribution in [-0.2, 0) is 26.3 Å². The van der Waals surface area contributed by atoms with Gasteiger partial charge in [-0.1, -0.05) is 19.1 Å². The molecule has 3 aliphatic heterocycles. The van der Waals surface area contributed by atoms with Gasteiger partial charge >= 0.3 is 6.09 Å². The quantitative estimate of drug-likeness (QED) is 0.657. The standard InChI is InChI=1S/C27H27N5O4/c1-4-25(34)31-13-19-20(14-31)27(19,28-3)24-8-6-17(11-30-24)16-5-7-21-18(9-16)10-22-23(12-29-15(2)33)36-26(35)32(21)22/h5-9,11,19-20,22-23H,4,10,12-14H2,1-2H3,(H,29,33)/t19-,20+,22-,23-,27?/m0/s1.